The predicted molar refractivity (Wildman–Crippen MR) is 106 cm³/mol. The zero-order valence-electron chi connectivity index (χ0n) is 15.1. The number of carbonyl (C=O) groups is 2. The molecule has 2 aromatic rings. The van der Waals surface area contributed by atoms with Gasteiger partial charge in [0, 0.05) is 10.6 Å². The summed E-state index contributed by atoms with van der Waals surface area (Å²) in [4.78, 5) is 23.8. The predicted octanol–water partition coefficient (Wildman–Crippen LogP) is 3.40. The number of hydrogen-bond acceptors (Lipinski definition) is 4. The van der Waals surface area contributed by atoms with Gasteiger partial charge in [-0.05, 0) is 48.4 Å². The summed E-state index contributed by atoms with van der Waals surface area (Å²) in [6.45, 7) is 2.56. The molecule has 2 N–H and O–H groups in total. The monoisotopic (exact) mass is 387 g/mol. The van der Waals surface area contributed by atoms with Crippen molar-refractivity contribution in [2.75, 3.05) is 13.2 Å². The number of ether oxygens (including phenoxy) is 1. The number of hydrogen-bond donors (Lipinski definition) is 2. The van der Waals surface area contributed by atoms with E-state index in [9.17, 15) is 9.59 Å². The molecule has 2 rings (SSSR count). The molecule has 2 aromatic carbocycles. The lowest BCUT2D eigenvalue weighted by molar-refractivity contribution is -0.120. The Labute approximate surface area is 163 Å². The summed E-state index contributed by atoms with van der Waals surface area (Å²) in [5.41, 5.74) is 3.56. The lowest BCUT2D eigenvalue weighted by Crippen LogP contribution is -2.34. The maximum atomic E-state index is 12.1. The van der Waals surface area contributed by atoms with Crippen LogP contribution in [0.4, 0.5) is 0 Å². The summed E-state index contributed by atoms with van der Waals surface area (Å²) >= 11 is 5.87. The zero-order chi connectivity index (χ0) is 19.5. The minimum Gasteiger partial charge on any atom is -0.494 e. The van der Waals surface area contributed by atoms with Gasteiger partial charge in [0.1, 0.15) is 5.75 Å². The molecule has 0 aliphatic rings. The van der Waals surface area contributed by atoms with Gasteiger partial charge in [-0.2, -0.15) is 5.10 Å². The fourth-order valence-electron chi connectivity index (χ4n) is 2.10. The van der Waals surface area contributed by atoms with Crippen LogP contribution in [-0.2, 0) is 4.79 Å². The van der Waals surface area contributed by atoms with E-state index in [1.165, 1.54) is 6.21 Å². The molecule has 0 radical (unpaired) electrons. The van der Waals surface area contributed by atoms with Crippen LogP contribution in [0.3, 0.4) is 0 Å². The van der Waals surface area contributed by atoms with E-state index >= 15 is 0 Å². The van der Waals surface area contributed by atoms with Crippen molar-refractivity contribution in [2.24, 2.45) is 5.10 Å². The van der Waals surface area contributed by atoms with Crippen molar-refractivity contribution in [1.82, 2.24) is 10.7 Å². The van der Waals surface area contributed by atoms with Gasteiger partial charge in [0.25, 0.3) is 11.8 Å². The normalized spacial score (nSPS) is 10.6. The fourth-order valence-corrected chi connectivity index (χ4v) is 2.30. The average molecular weight is 388 g/mol. The first kappa shape index (κ1) is 20.5. The molecule has 0 heterocycles. The highest BCUT2D eigenvalue weighted by molar-refractivity contribution is 6.30. The molecule has 7 heteroatoms. The smallest absolute Gasteiger partial charge is 0.259 e. The second-order valence-corrected chi connectivity index (χ2v) is 6.19. The number of rotatable bonds is 9. The van der Waals surface area contributed by atoms with E-state index in [0.29, 0.717) is 22.9 Å². The van der Waals surface area contributed by atoms with E-state index in [0.717, 1.165) is 18.4 Å². The molecule has 0 atom stereocenters. The molecule has 0 spiro atoms. The Hall–Kier alpha value is -2.86. The first-order valence-electron chi connectivity index (χ1n) is 8.67. The maximum absolute atomic E-state index is 12.1. The molecule has 2 amide bonds. The first-order valence-corrected chi connectivity index (χ1v) is 9.05. The third kappa shape index (κ3) is 7.50. The number of hydrazone groups is 1. The Balaban J connectivity index is 1.75. The number of amides is 2. The Morgan fingerprint density at radius 3 is 2.67 bits per heavy atom. The second-order valence-electron chi connectivity index (χ2n) is 5.76. The molecule has 0 aromatic heterocycles. The van der Waals surface area contributed by atoms with E-state index < -0.39 is 5.91 Å². The van der Waals surface area contributed by atoms with Crippen LogP contribution < -0.4 is 15.5 Å². The summed E-state index contributed by atoms with van der Waals surface area (Å²) in [6.07, 6.45) is 3.52. The van der Waals surface area contributed by atoms with Crippen molar-refractivity contribution in [3.05, 3.63) is 64.7 Å². The van der Waals surface area contributed by atoms with Crippen LogP contribution in [0.1, 0.15) is 35.7 Å². The van der Waals surface area contributed by atoms with Crippen molar-refractivity contribution in [3.63, 3.8) is 0 Å². The van der Waals surface area contributed by atoms with E-state index in [-0.39, 0.29) is 12.5 Å². The Morgan fingerprint density at radius 1 is 1.19 bits per heavy atom. The Bertz CT molecular complexity index is 791. The van der Waals surface area contributed by atoms with Crippen LogP contribution in [-0.4, -0.2) is 31.2 Å². The van der Waals surface area contributed by atoms with E-state index in [1.807, 2.05) is 0 Å². The molecule has 0 saturated carbocycles. The number of carbonyl (C=O) groups excluding carboxylic acids is 2. The van der Waals surface area contributed by atoms with Crippen molar-refractivity contribution in [2.45, 2.75) is 19.8 Å². The standard InChI is InChI=1S/C20H22ClN3O3/c1-2-3-11-27-18-9-7-16(8-10-18)20(26)22-14-19(25)24-23-13-15-5-4-6-17(21)12-15/h4-10,12-13H,2-3,11,14H2,1H3,(H,22,26)(H,24,25). The summed E-state index contributed by atoms with van der Waals surface area (Å²) in [5.74, 6) is -0.0571. The summed E-state index contributed by atoms with van der Waals surface area (Å²) in [6, 6.07) is 13.8. The molecule has 0 aliphatic carbocycles. The van der Waals surface area contributed by atoms with E-state index in [4.69, 9.17) is 16.3 Å². The van der Waals surface area contributed by atoms with E-state index in [1.54, 1.807) is 48.5 Å². The number of nitrogens with zero attached hydrogens (tertiary/aromatic N) is 1. The van der Waals surface area contributed by atoms with Crippen LogP contribution >= 0.6 is 11.6 Å². The van der Waals surface area contributed by atoms with Gasteiger partial charge in [-0.3, -0.25) is 9.59 Å². The molecule has 0 saturated heterocycles. The van der Waals surface area contributed by atoms with Crippen molar-refractivity contribution >= 4 is 29.6 Å². The molecule has 27 heavy (non-hydrogen) atoms. The molecule has 142 valence electrons. The molecule has 0 fully saturated rings. The van der Waals surface area contributed by atoms with Crippen LogP contribution in [0.25, 0.3) is 0 Å². The van der Waals surface area contributed by atoms with Gasteiger partial charge in [0.2, 0.25) is 0 Å². The molecule has 6 nitrogen and oxygen atoms in total. The van der Waals surface area contributed by atoms with E-state index in [2.05, 4.69) is 22.8 Å². The van der Waals surface area contributed by atoms with Crippen molar-refractivity contribution < 1.29 is 14.3 Å². The minimum atomic E-state index is -0.429. The van der Waals surface area contributed by atoms with Crippen molar-refractivity contribution in [3.8, 4) is 5.75 Å². The highest BCUT2D eigenvalue weighted by Crippen LogP contribution is 2.12. The maximum Gasteiger partial charge on any atom is 0.259 e. The van der Waals surface area contributed by atoms with Gasteiger partial charge in [-0.25, -0.2) is 5.43 Å². The van der Waals surface area contributed by atoms with Crippen molar-refractivity contribution in [1.29, 1.82) is 0 Å². The molecular weight excluding hydrogens is 366 g/mol. The molecule has 0 unspecified atom stereocenters. The van der Waals surface area contributed by atoms with Crippen LogP contribution in [0.15, 0.2) is 53.6 Å². The summed E-state index contributed by atoms with van der Waals surface area (Å²) in [5, 5.41) is 6.95. The summed E-state index contributed by atoms with van der Waals surface area (Å²) < 4.78 is 5.55. The lowest BCUT2D eigenvalue weighted by Gasteiger charge is -2.07. The first-order chi connectivity index (χ1) is 13.1. The number of benzene rings is 2. The van der Waals surface area contributed by atoms with Gasteiger partial charge in [0.15, 0.2) is 0 Å². The topological polar surface area (TPSA) is 79.8 Å². The average Bonchev–Trinajstić information content (AvgIpc) is 2.67. The van der Waals surface area contributed by atoms with Gasteiger partial charge >= 0.3 is 0 Å². The molecular formula is C20H22ClN3O3. The number of halogens is 1. The van der Waals surface area contributed by atoms with Crippen LogP contribution in [0.5, 0.6) is 5.75 Å². The molecule has 0 bridgehead atoms. The number of nitrogens with one attached hydrogen (secondary N) is 2. The lowest BCUT2D eigenvalue weighted by atomic mass is 10.2. The third-order valence-corrected chi connectivity index (χ3v) is 3.78. The minimum absolute atomic E-state index is 0.180. The molecule has 0 aliphatic heterocycles. The van der Waals surface area contributed by atoms with Crippen LogP contribution in [0.2, 0.25) is 5.02 Å². The Morgan fingerprint density at radius 2 is 1.96 bits per heavy atom. The highest BCUT2D eigenvalue weighted by atomic mass is 35.5. The van der Waals surface area contributed by atoms with Gasteiger partial charge < -0.3 is 10.1 Å². The SMILES string of the molecule is CCCCOc1ccc(C(=O)NCC(=O)NN=Cc2cccc(Cl)c2)cc1. The highest BCUT2D eigenvalue weighted by Gasteiger charge is 2.07. The van der Waals surface area contributed by atoms with Gasteiger partial charge in [0.05, 0.1) is 19.4 Å². The third-order valence-electron chi connectivity index (χ3n) is 3.54. The van der Waals surface area contributed by atoms with Crippen LogP contribution in [0, 0.1) is 0 Å². The quantitative estimate of drug-likeness (QED) is 0.393. The number of unbranched alkanes of at least 4 members (excludes halogenated alkanes) is 1. The largest absolute Gasteiger partial charge is 0.494 e. The fraction of sp³-hybridized carbons (Fsp3) is 0.250. The van der Waals surface area contributed by atoms with Gasteiger partial charge in [-0.15, -0.1) is 0 Å². The summed E-state index contributed by atoms with van der Waals surface area (Å²) in [7, 11) is 0. The second kappa shape index (κ2) is 11.0. The van der Waals surface area contributed by atoms with Gasteiger partial charge in [-0.1, -0.05) is 37.1 Å². The Kier molecular flexibility index (Phi) is 8.32. The zero-order valence-corrected chi connectivity index (χ0v) is 15.8.